The van der Waals surface area contributed by atoms with Gasteiger partial charge < -0.3 is 5.11 Å². The van der Waals surface area contributed by atoms with E-state index in [9.17, 15) is 4.79 Å². The fourth-order valence-electron chi connectivity index (χ4n) is 0.692. The van der Waals surface area contributed by atoms with Crippen molar-refractivity contribution < 1.29 is 11.3 Å². The number of carboxylic acids is 1. The molecule has 1 N–H and O–H groups in total. The van der Waals surface area contributed by atoms with Crippen LogP contribution in [0.4, 0.5) is 0 Å². The molecule has 10 heavy (non-hydrogen) atoms. The van der Waals surface area contributed by atoms with E-state index in [4.69, 9.17) is 6.48 Å². The molecule has 0 saturated heterocycles. The molecule has 0 heterocycles. The Kier molecular flexibility index (Phi) is 1.65. The van der Waals surface area contributed by atoms with Gasteiger partial charge in [0, 0.05) is 1.37 Å². The molecular formula is C8H8O2. The maximum absolute atomic E-state index is 10.3. The van der Waals surface area contributed by atoms with E-state index in [2.05, 4.69) is 0 Å². The summed E-state index contributed by atoms with van der Waals surface area (Å²) in [6.45, 7) is 0. The van der Waals surface area contributed by atoms with Crippen LogP contribution in [0.1, 0.15) is 6.93 Å². The van der Waals surface area contributed by atoms with Crippen molar-refractivity contribution in [3.05, 3.63) is 35.9 Å². The highest BCUT2D eigenvalue weighted by atomic mass is 16.4. The van der Waals surface area contributed by atoms with E-state index in [-0.39, 0.29) is 0 Å². The lowest BCUT2D eigenvalue weighted by Gasteiger charge is -1.92. The van der Waals surface area contributed by atoms with Crippen LogP contribution in [-0.2, 0) is 11.2 Å². The van der Waals surface area contributed by atoms with Crippen LogP contribution in [0.25, 0.3) is 0 Å². The zero-order chi connectivity index (χ0) is 8.27. The van der Waals surface area contributed by atoms with Gasteiger partial charge in [0.15, 0.2) is 0 Å². The molecular weight excluding hydrogens is 128 g/mol. The number of benzene rings is 1. The molecule has 0 aliphatic rings. The second-order valence-corrected chi connectivity index (χ2v) is 1.89. The van der Waals surface area contributed by atoms with Crippen LogP contribution in [0.2, 0.25) is 0 Å². The second kappa shape index (κ2) is 3.01. The Morgan fingerprint density at radius 2 is 2.10 bits per heavy atom. The number of carbonyl (C=O) groups is 1. The first-order valence-electron chi connectivity index (χ1n) is 3.49. The van der Waals surface area contributed by atoms with Gasteiger partial charge in [-0.1, -0.05) is 30.3 Å². The molecule has 1 rings (SSSR count). The third-order valence-electron chi connectivity index (χ3n) is 1.09. The summed E-state index contributed by atoms with van der Waals surface area (Å²) in [7, 11) is 0. The topological polar surface area (TPSA) is 37.3 Å². The molecule has 0 radical (unpaired) electrons. The van der Waals surface area contributed by atoms with Crippen LogP contribution < -0.4 is 0 Å². The maximum Gasteiger partial charge on any atom is 0.307 e. The van der Waals surface area contributed by atoms with Gasteiger partial charge in [0.2, 0.25) is 0 Å². The van der Waals surface area contributed by atoms with Gasteiger partial charge in [-0.25, -0.2) is 0 Å². The number of hydrogen-bond acceptors (Lipinski definition) is 1. The van der Waals surface area contributed by atoms with Crippen molar-refractivity contribution in [1.29, 1.82) is 0 Å². The summed E-state index contributed by atoms with van der Waals surface area (Å²) >= 11 is 0. The van der Waals surface area contributed by atoms with E-state index in [0.717, 1.165) is 0 Å². The fraction of sp³-hybridized carbons (Fsp3) is 0.125. The summed E-state index contributed by atoms with van der Waals surface area (Å²) in [4.78, 5) is 10.3. The molecule has 0 saturated carbocycles. The van der Waals surface area contributed by atoms with Crippen LogP contribution in [0, 0.1) is 0 Å². The minimum absolute atomic E-state index is 0.514. The SMILES string of the molecule is [2H][C@@H](C(=O)O)c1ccccc1. The Hall–Kier alpha value is -1.31. The summed E-state index contributed by atoms with van der Waals surface area (Å²) in [5.41, 5.74) is 0.514. The first kappa shape index (κ1) is 5.47. The summed E-state index contributed by atoms with van der Waals surface area (Å²) in [6, 6.07) is 8.50. The zero-order valence-electron chi connectivity index (χ0n) is 6.32. The van der Waals surface area contributed by atoms with E-state index in [1.54, 1.807) is 30.3 Å². The molecule has 0 aromatic heterocycles. The Balaban J connectivity index is 2.85. The standard InChI is InChI=1S/C8H8O2/c9-8(10)6-7-4-2-1-3-5-7/h1-5H,6H2,(H,9,10)/i6D/t6-/m1/s1. The highest BCUT2D eigenvalue weighted by Crippen LogP contribution is 1.98. The molecule has 0 spiro atoms. The van der Waals surface area contributed by atoms with E-state index >= 15 is 0 Å². The van der Waals surface area contributed by atoms with Crippen molar-refractivity contribution in [2.45, 2.75) is 6.40 Å². The van der Waals surface area contributed by atoms with E-state index < -0.39 is 12.4 Å². The first-order chi connectivity index (χ1) is 5.22. The van der Waals surface area contributed by atoms with Gasteiger partial charge in [0.25, 0.3) is 0 Å². The second-order valence-electron chi connectivity index (χ2n) is 1.89. The monoisotopic (exact) mass is 137 g/mol. The Morgan fingerprint density at radius 1 is 1.50 bits per heavy atom. The number of carboxylic acid groups (broad SMARTS) is 1. The lowest BCUT2D eigenvalue weighted by Crippen LogP contribution is -1.98. The quantitative estimate of drug-likeness (QED) is 0.667. The predicted molar refractivity (Wildman–Crippen MR) is 37.8 cm³/mol. The lowest BCUT2D eigenvalue weighted by atomic mass is 10.2. The van der Waals surface area contributed by atoms with Crippen LogP contribution in [0.15, 0.2) is 30.3 Å². The molecule has 2 heteroatoms. The first-order valence-corrected chi connectivity index (χ1v) is 2.92. The molecule has 0 aliphatic heterocycles. The summed E-state index contributed by atoms with van der Waals surface area (Å²) in [5.74, 6) is -1.11. The molecule has 1 aromatic rings. The lowest BCUT2D eigenvalue weighted by molar-refractivity contribution is -0.136. The minimum Gasteiger partial charge on any atom is -0.481 e. The van der Waals surface area contributed by atoms with Gasteiger partial charge in [-0.3, -0.25) is 4.79 Å². The van der Waals surface area contributed by atoms with Crippen LogP contribution in [0.5, 0.6) is 0 Å². The molecule has 0 amide bonds. The van der Waals surface area contributed by atoms with Gasteiger partial charge in [0.1, 0.15) is 0 Å². The third-order valence-corrected chi connectivity index (χ3v) is 1.09. The van der Waals surface area contributed by atoms with Crippen LogP contribution in [-0.4, -0.2) is 11.1 Å². The van der Waals surface area contributed by atoms with E-state index in [1.165, 1.54) is 0 Å². The Labute approximate surface area is 60.5 Å². The fourth-order valence-corrected chi connectivity index (χ4v) is 0.692. The number of rotatable bonds is 2. The zero-order valence-corrected chi connectivity index (χ0v) is 5.32. The van der Waals surface area contributed by atoms with Crippen molar-refractivity contribution in [3.8, 4) is 0 Å². The Bertz CT molecular complexity index is 246. The van der Waals surface area contributed by atoms with Gasteiger partial charge in [0.05, 0.1) is 6.40 Å². The van der Waals surface area contributed by atoms with Crippen molar-refractivity contribution >= 4 is 5.97 Å². The van der Waals surface area contributed by atoms with Crippen molar-refractivity contribution in [2.75, 3.05) is 0 Å². The average molecular weight is 137 g/mol. The molecule has 1 atom stereocenters. The van der Waals surface area contributed by atoms with Gasteiger partial charge in [-0.15, -0.1) is 0 Å². The van der Waals surface area contributed by atoms with Crippen LogP contribution >= 0.6 is 0 Å². The molecule has 0 aliphatic carbocycles. The van der Waals surface area contributed by atoms with Crippen molar-refractivity contribution in [2.24, 2.45) is 0 Å². The van der Waals surface area contributed by atoms with Gasteiger partial charge in [-0.2, -0.15) is 0 Å². The number of aliphatic carboxylic acids is 1. The van der Waals surface area contributed by atoms with Crippen molar-refractivity contribution in [1.82, 2.24) is 0 Å². The summed E-state index contributed by atoms with van der Waals surface area (Å²) in [6.07, 6.45) is -1.16. The molecule has 0 bridgehead atoms. The minimum atomic E-state index is -1.16. The average Bonchev–Trinajstić information content (AvgIpc) is 2.05. The van der Waals surface area contributed by atoms with Crippen molar-refractivity contribution in [3.63, 3.8) is 0 Å². The molecule has 0 fully saturated rings. The highest BCUT2D eigenvalue weighted by molar-refractivity contribution is 5.70. The smallest absolute Gasteiger partial charge is 0.307 e. The Morgan fingerprint density at radius 3 is 2.60 bits per heavy atom. The maximum atomic E-state index is 10.3. The normalized spacial score (nSPS) is 13.8. The van der Waals surface area contributed by atoms with E-state index in [0.29, 0.717) is 5.56 Å². The predicted octanol–water partition coefficient (Wildman–Crippen LogP) is 1.31. The largest absolute Gasteiger partial charge is 0.481 e. The van der Waals surface area contributed by atoms with Crippen LogP contribution in [0.3, 0.4) is 0 Å². The molecule has 0 unspecified atom stereocenters. The highest BCUT2D eigenvalue weighted by Gasteiger charge is 1.96. The van der Waals surface area contributed by atoms with E-state index in [1.807, 2.05) is 0 Å². The van der Waals surface area contributed by atoms with Gasteiger partial charge in [-0.05, 0) is 5.56 Å². The van der Waals surface area contributed by atoms with Gasteiger partial charge >= 0.3 is 5.97 Å². The molecule has 1 aromatic carbocycles. The molecule has 2 nitrogen and oxygen atoms in total. The third kappa shape index (κ3) is 1.90. The number of hydrogen-bond donors (Lipinski definition) is 1. The summed E-state index contributed by atoms with van der Waals surface area (Å²) in [5, 5.41) is 8.45. The molecule has 52 valence electrons. The summed E-state index contributed by atoms with van der Waals surface area (Å²) < 4.78 is 7.17.